The first kappa shape index (κ1) is 12.6. The standard InChI is InChI=1S/C16H11N3S2/c1-3-7-12(8-4-1)14-11-19-15(17-14)21-16(18-19)20-13-9-5-2-6-10-13/h1-11H. The number of imidazole rings is 1. The number of aromatic nitrogens is 3. The third-order valence-corrected chi connectivity index (χ3v) is 5.02. The minimum Gasteiger partial charge on any atom is -0.217 e. The molecule has 0 saturated heterocycles. The summed E-state index contributed by atoms with van der Waals surface area (Å²) in [5.41, 5.74) is 2.08. The van der Waals surface area contributed by atoms with Gasteiger partial charge in [-0.25, -0.2) is 9.50 Å². The monoisotopic (exact) mass is 309 g/mol. The Bertz CT molecular complexity index is 835. The van der Waals surface area contributed by atoms with Gasteiger partial charge in [0.15, 0.2) is 4.34 Å². The van der Waals surface area contributed by atoms with Crippen molar-refractivity contribution >= 4 is 28.1 Å². The molecular weight excluding hydrogens is 298 g/mol. The maximum absolute atomic E-state index is 4.65. The molecule has 4 aromatic rings. The largest absolute Gasteiger partial charge is 0.217 e. The lowest BCUT2D eigenvalue weighted by molar-refractivity contribution is 0.915. The van der Waals surface area contributed by atoms with Crippen LogP contribution in [-0.2, 0) is 0 Å². The van der Waals surface area contributed by atoms with Crippen LogP contribution in [0.3, 0.4) is 0 Å². The summed E-state index contributed by atoms with van der Waals surface area (Å²) in [7, 11) is 0. The van der Waals surface area contributed by atoms with E-state index >= 15 is 0 Å². The van der Waals surface area contributed by atoms with E-state index in [4.69, 9.17) is 0 Å². The summed E-state index contributed by atoms with van der Waals surface area (Å²) in [5.74, 6) is 0. The molecule has 0 aliphatic rings. The summed E-state index contributed by atoms with van der Waals surface area (Å²) in [4.78, 5) is 6.77. The molecule has 2 aromatic heterocycles. The van der Waals surface area contributed by atoms with Crippen LogP contribution in [0.2, 0.25) is 0 Å². The van der Waals surface area contributed by atoms with E-state index in [1.807, 2.05) is 47.1 Å². The third kappa shape index (κ3) is 2.57. The summed E-state index contributed by atoms with van der Waals surface area (Å²) in [5, 5.41) is 4.59. The van der Waals surface area contributed by atoms with Crippen molar-refractivity contribution < 1.29 is 0 Å². The van der Waals surface area contributed by atoms with Gasteiger partial charge >= 0.3 is 0 Å². The molecule has 0 saturated carbocycles. The van der Waals surface area contributed by atoms with Crippen molar-refractivity contribution in [3.63, 3.8) is 0 Å². The van der Waals surface area contributed by atoms with E-state index in [2.05, 4.69) is 34.3 Å². The highest BCUT2D eigenvalue weighted by Gasteiger charge is 2.10. The van der Waals surface area contributed by atoms with E-state index in [9.17, 15) is 0 Å². The van der Waals surface area contributed by atoms with Gasteiger partial charge in [-0.05, 0) is 12.1 Å². The normalized spacial score (nSPS) is 11.0. The Labute approximate surface area is 130 Å². The predicted molar refractivity (Wildman–Crippen MR) is 86.9 cm³/mol. The smallest absolute Gasteiger partial charge is 0.213 e. The van der Waals surface area contributed by atoms with Gasteiger partial charge in [-0.1, -0.05) is 71.6 Å². The summed E-state index contributed by atoms with van der Waals surface area (Å²) in [6.45, 7) is 0. The van der Waals surface area contributed by atoms with Crippen molar-refractivity contribution in [1.29, 1.82) is 0 Å². The van der Waals surface area contributed by atoms with Crippen LogP contribution in [0.15, 0.2) is 76.1 Å². The molecule has 0 N–H and O–H groups in total. The van der Waals surface area contributed by atoms with E-state index < -0.39 is 0 Å². The van der Waals surface area contributed by atoms with Crippen LogP contribution in [0.1, 0.15) is 0 Å². The van der Waals surface area contributed by atoms with Crippen LogP contribution in [-0.4, -0.2) is 14.6 Å². The quantitative estimate of drug-likeness (QED) is 0.553. The van der Waals surface area contributed by atoms with Gasteiger partial charge in [0, 0.05) is 10.5 Å². The second-order valence-corrected chi connectivity index (χ2v) is 6.78. The van der Waals surface area contributed by atoms with E-state index in [1.54, 1.807) is 23.1 Å². The van der Waals surface area contributed by atoms with Gasteiger partial charge in [0.1, 0.15) is 0 Å². The van der Waals surface area contributed by atoms with E-state index in [0.717, 1.165) is 20.6 Å². The van der Waals surface area contributed by atoms with Crippen LogP contribution in [0, 0.1) is 0 Å². The second kappa shape index (κ2) is 5.35. The van der Waals surface area contributed by atoms with Gasteiger partial charge in [-0.15, -0.1) is 5.10 Å². The highest BCUT2D eigenvalue weighted by molar-refractivity contribution is 8.01. The molecule has 0 fully saturated rings. The Morgan fingerprint density at radius 1 is 0.905 bits per heavy atom. The maximum atomic E-state index is 4.65. The number of hydrogen-bond acceptors (Lipinski definition) is 4. The molecule has 21 heavy (non-hydrogen) atoms. The average Bonchev–Trinajstić information content (AvgIpc) is 3.07. The molecule has 102 valence electrons. The molecule has 4 rings (SSSR count). The van der Waals surface area contributed by atoms with Gasteiger partial charge in [0.05, 0.1) is 11.9 Å². The zero-order valence-corrected chi connectivity index (χ0v) is 12.6. The highest BCUT2D eigenvalue weighted by atomic mass is 32.2. The lowest BCUT2D eigenvalue weighted by Gasteiger charge is -1.95. The predicted octanol–water partition coefficient (Wildman–Crippen LogP) is 4.61. The maximum Gasteiger partial charge on any atom is 0.213 e. The number of nitrogens with zero attached hydrogens (tertiary/aromatic N) is 3. The first-order valence-electron chi connectivity index (χ1n) is 6.53. The Kier molecular flexibility index (Phi) is 3.21. The van der Waals surface area contributed by atoms with E-state index in [-0.39, 0.29) is 0 Å². The first-order valence-corrected chi connectivity index (χ1v) is 8.16. The molecule has 0 unspecified atom stereocenters. The number of benzene rings is 2. The van der Waals surface area contributed by atoms with E-state index in [0.29, 0.717) is 0 Å². The average molecular weight is 309 g/mol. The van der Waals surface area contributed by atoms with Gasteiger partial charge in [0.2, 0.25) is 4.96 Å². The first-order chi connectivity index (χ1) is 10.4. The molecule has 0 amide bonds. The molecule has 3 nitrogen and oxygen atoms in total. The molecule has 2 aromatic carbocycles. The molecule has 0 radical (unpaired) electrons. The molecular formula is C16H11N3S2. The van der Waals surface area contributed by atoms with Crippen molar-refractivity contribution in [2.24, 2.45) is 0 Å². The number of hydrogen-bond donors (Lipinski definition) is 0. The number of fused-ring (bicyclic) bond motifs is 1. The van der Waals surface area contributed by atoms with Crippen molar-refractivity contribution in [2.75, 3.05) is 0 Å². The van der Waals surface area contributed by atoms with Gasteiger partial charge in [0.25, 0.3) is 0 Å². The SMILES string of the molecule is c1ccc(Sc2nn3cc(-c4ccccc4)nc3s2)cc1. The zero-order chi connectivity index (χ0) is 14.1. The lowest BCUT2D eigenvalue weighted by Crippen LogP contribution is -1.80. The molecule has 0 spiro atoms. The van der Waals surface area contributed by atoms with Gasteiger partial charge < -0.3 is 0 Å². The summed E-state index contributed by atoms with van der Waals surface area (Å²) >= 11 is 3.28. The Morgan fingerprint density at radius 2 is 1.62 bits per heavy atom. The van der Waals surface area contributed by atoms with Crippen molar-refractivity contribution in [3.8, 4) is 11.3 Å². The van der Waals surface area contributed by atoms with Crippen LogP contribution in [0.4, 0.5) is 0 Å². The molecule has 0 atom stereocenters. The summed E-state index contributed by atoms with van der Waals surface area (Å²) < 4.78 is 2.86. The Hall–Kier alpha value is -2.11. The Balaban J connectivity index is 1.65. The minimum atomic E-state index is 0.923. The topological polar surface area (TPSA) is 30.2 Å². The second-order valence-electron chi connectivity index (χ2n) is 4.50. The minimum absolute atomic E-state index is 0.923. The molecule has 0 aliphatic heterocycles. The van der Waals surface area contributed by atoms with E-state index in [1.165, 1.54) is 4.90 Å². The van der Waals surface area contributed by atoms with Crippen LogP contribution in [0.5, 0.6) is 0 Å². The highest BCUT2D eigenvalue weighted by Crippen LogP contribution is 2.32. The Morgan fingerprint density at radius 3 is 2.33 bits per heavy atom. The fourth-order valence-electron chi connectivity index (χ4n) is 2.06. The van der Waals surface area contributed by atoms with Crippen molar-refractivity contribution in [3.05, 3.63) is 66.9 Å². The lowest BCUT2D eigenvalue weighted by atomic mass is 10.2. The van der Waals surface area contributed by atoms with Crippen molar-refractivity contribution in [1.82, 2.24) is 14.6 Å². The van der Waals surface area contributed by atoms with Crippen molar-refractivity contribution in [2.45, 2.75) is 9.24 Å². The fraction of sp³-hybridized carbons (Fsp3) is 0. The molecule has 2 heterocycles. The summed E-state index contributed by atoms with van der Waals surface area (Å²) in [6.07, 6.45) is 1.98. The van der Waals surface area contributed by atoms with Gasteiger partial charge in [-0.3, -0.25) is 0 Å². The van der Waals surface area contributed by atoms with Crippen LogP contribution >= 0.6 is 23.1 Å². The zero-order valence-electron chi connectivity index (χ0n) is 11.0. The van der Waals surface area contributed by atoms with Crippen LogP contribution in [0.25, 0.3) is 16.2 Å². The van der Waals surface area contributed by atoms with Gasteiger partial charge in [-0.2, -0.15) is 0 Å². The number of rotatable bonds is 3. The summed E-state index contributed by atoms with van der Waals surface area (Å²) in [6, 6.07) is 20.4. The fourth-order valence-corrected chi connectivity index (χ4v) is 3.98. The molecule has 5 heteroatoms. The molecule has 0 bridgehead atoms. The molecule has 0 aliphatic carbocycles. The third-order valence-electron chi connectivity index (χ3n) is 3.04. The van der Waals surface area contributed by atoms with Crippen LogP contribution < -0.4 is 0 Å².